The quantitative estimate of drug-likeness (QED) is 0.619. The number of amides is 1. The molecule has 3 aromatic rings. The predicted molar refractivity (Wildman–Crippen MR) is 108 cm³/mol. The number of aldehydes is 1. The fourth-order valence-electron chi connectivity index (χ4n) is 3.13. The molecule has 1 amide bonds. The smallest absolute Gasteiger partial charge is 0.252 e. The number of carbonyl (C=O) groups is 2. The van der Waals surface area contributed by atoms with Crippen LogP contribution in [0.25, 0.3) is 0 Å². The van der Waals surface area contributed by atoms with Crippen molar-refractivity contribution in [3.63, 3.8) is 0 Å². The van der Waals surface area contributed by atoms with Crippen LogP contribution in [0.2, 0.25) is 0 Å². The van der Waals surface area contributed by atoms with Crippen LogP contribution in [0.15, 0.2) is 84.9 Å². The molecule has 0 saturated carbocycles. The predicted octanol–water partition coefficient (Wildman–Crippen LogP) is 4.01. The number of hydrogen-bond donors (Lipinski definition) is 1. The van der Waals surface area contributed by atoms with E-state index < -0.39 is 6.04 Å². The normalized spacial score (nSPS) is 11.6. The van der Waals surface area contributed by atoms with Crippen molar-refractivity contribution in [3.8, 4) is 0 Å². The van der Waals surface area contributed by atoms with Crippen molar-refractivity contribution in [1.82, 2.24) is 5.32 Å². The molecule has 0 aliphatic rings. The molecule has 27 heavy (non-hydrogen) atoms. The molecule has 0 fully saturated rings. The molecule has 136 valence electrons. The Balaban J connectivity index is 1.67. The van der Waals surface area contributed by atoms with Gasteiger partial charge in [-0.1, -0.05) is 78.9 Å². The molecule has 3 nitrogen and oxygen atoms in total. The zero-order valence-corrected chi connectivity index (χ0v) is 15.2. The lowest BCUT2D eigenvalue weighted by Crippen LogP contribution is -2.38. The third kappa shape index (κ3) is 5.38. The average molecular weight is 357 g/mol. The average Bonchev–Trinajstić information content (AvgIpc) is 2.73. The Morgan fingerprint density at radius 1 is 0.778 bits per heavy atom. The zero-order chi connectivity index (χ0) is 18.9. The SMILES string of the molecule is O=C[C@H](Cc1ccccc1)NC(=O)c1ccccc1CCc1ccccc1. The Bertz CT molecular complexity index is 875. The van der Waals surface area contributed by atoms with E-state index in [1.54, 1.807) is 0 Å². The van der Waals surface area contributed by atoms with Gasteiger partial charge in [0.2, 0.25) is 0 Å². The van der Waals surface area contributed by atoms with Gasteiger partial charge in [0.25, 0.3) is 5.91 Å². The fraction of sp³-hybridized carbons (Fsp3) is 0.167. The molecule has 3 rings (SSSR count). The number of benzene rings is 3. The Labute approximate surface area is 160 Å². The second-order valence-corrected chi connectivity index (χ2v) is 6.55. The third-order valence-electron chi connectivity index (χ3n) is 4.57. The van der Waals surface area contributed by atoms with Crippen molar-refractivity contribution in [1.29, 1.82) is 0 Å². The lowest BCUT2D eigenvalue weighted by molar-refractivity contribution is -0.109. The van der Waals surface area contributed by atoms with Gasteiger partial charge >= 0.3 is 0 Å². The summed E-state index contributed by atoms with van der Waals surface area (Å²) in [5.41, 5.74) is 3.88. The van der Waals surface area contributed by atoms with Gasteiger partial charge in [0.1, 0.15) is 6.29 Å². The van der Waals surface area contributed by atoms with E-state index in [9.17, 15) is 9.59 Å². The van der Waals surface area contributed by atoms with Crippen LogP contribution in [-0.4, -0.2) is 18.2 Å². The summed E-state index contributed by atoms with van der Waals surface area (Å²) in [7, 11) is 0. The van der Waals surface area contributed by atoms with Gasteiger partial charge in [-0.3, -0.25) is 4.79 Å². The van der Waals surface area contributed by atoms with Crippen LogP contribution in [0.4, 0.5) is 0 Å². The molecule has 0 radical (unpaired) electrons. The highest BCUT2D eigenvalue weighted by Crippen LogP contribution is 2.13. The molecular formula is C24H23NO2. The first kappa shape index (κ1) is 18.6. The monoisotopic (exact) mass is 357 g/mol. The number of aryl methyl sites for hydroxylation is 2. The second-order valence-electron chi connectivity index (χ2n) is 6.55. The highest BCUT2D eigenvalue weighted by Gasteiger charge is 2.16. The minimum atomic E-state index is -0.540. The number of rotatable bonds is 8. The minimum Gasteiger partial charge on any atom is -0.342 e. The van der Waals surface area contributed by atoms with E-state index in [1.165, 1.54) is 5.56 Å². The summed E-state index contributed by atoms with van der Waals surface area (Å²) in [5.74, 6) is -0.202. The van der Waals surface area contributed by atoms with E-state index >= 15 is 0 Å². The molecule has 1 N–H and O–H groups in total. The standard InChI is InChI=1S/C24H23NO2/c26-18-22(17-20-11-5-2-6-12-20)25-24(27)23-14-8-7-13-21(23)16-15-19-9-3-1-4-10-19/h1-14,18,22H,15-17H2,(H,25,27)/t22-/m0/s1. The van der Waals surface area contributed by atoms with E-state index in [1.807, 2.05) is 72.8 Å². The lowest BCUT2D eigenvalue weighted by atomic mass is 9.99. The van der Waals surface area contributed by atoms with E-state index in [0.717, 1.165) is 30.3 Å². The van der Waals surface area contributed by atoms with Crippen LogP contribution in [0.3, 0.4) is 0 Å². The Hall–Kier alpha value is -3.20. The van der Waals surface area contributed by atoms with Crippen LogP contribution in [0, 0.1) is 0 Å². The second kappa shape index (κ2) is 9.48. The van der Waals surface area contributed by atoms with E-state index in [2.05, 4.69) is 17.4 Å². The van der Waals surface area contributed by atoms with Gasteiger partial charge in [-0.25, -0.2) is 0 Å². The van der Waals surface area contributed by atoms with Gasteiger partial charge in [-0.15, -0.1) is 0 Å². The number of carbonyl (C=O) groups excluding carboxylic acids is 2. The maximum atomic E-state index is 12.8. The number of hydrogen-bond acceptors (Lipinski definition) is 2. The molecule has 0 saturated heterocycles. The van der Waals surface area contributed by atoms with Crippen molar-refractivity contribution >= 4 is 12.2 Å². The zero-order valence-electron chi connectivity index (χ0n) is 15.2. The first-order valence-electron chi connectivity index (χ1n) is 9.18. The van der Waals surface area contributed by atoms with E-state index in [4.69, 9.17) is 0 Å². The molecule has 1 atom stereocenters. The van der Waals surface area contributed by atoms with Crippen molar-refractivity contribution < 1.29 is 9.59 Å². The number of nitrogens with one attached hydrogen (secondary N) is 1. The van der Waals surface area contributed by atoms with Crippen molar-refractivity contribution in [2.24, 2.45) is 0 Å². The first-order valence-corrected chi connectivity index (χ1v) is 9.18. The summed E-state index contributed by atoms with van der Waals surface area (Å²) >= 11 is 0. The van der Waals surface area contributed by atoms with E-state index in [0.29, 0.717) is 12.0 Å². The molecule has 0 heterocycles. The lowest BCUT2D eigenvalue weighted by Gasteiger charge is -2.15. The highest BCUT2D eigenvalue weighted by molar-refractivity contribution is 5.97. The summed E-state index contributed by atoms with van der Waals surface area (Å²) in [5, 5.41) is 2.86. The molecular weight excluding hydrogens is 334 g/mol. The summed E-state index contributed by atoms with van der Waals surface area (Å²) < 4.78 is 0. The van der Waals surface area contributed by atoms with Gasteiger partial charge < -0.3 is 10.1 Å². The Kier molecular flexibility index (Phi) is 6.53. The van der Waals surface area contributed by atoms with Gasteiger partial charge in [0.05, 0.1) is 6.04 Å². The van der Waals surface area contributed by atoms with Crippen molar-refractivity contribution in [3.05, 3.63) is 107 Å². The van der Waals surface area contributed by atoms with Crippen LogP contribution >= 0.6 is 0 Å². The largest absolute Gasteiger partial charge is 0.342 e. The van der Waals surface area contributed by atoms with Gasteiger partial charge in [-0.05, 0) is 42.0 Å². The van der Waals surface area contributed by atoms with Crippen LogP contribution in [0.1, 0.15) is 27.0 Å². The minimum absolute atomic E-state index is 0.202. The highest BCUT2D eigenvalue weighted by atomic mass is 16.2. The third-order valence-corrected chi connectivity index (χ3v) is 4.57. The van der Waals surface area contributed by atoms with Crippen molar-refractivity contribution in [2.75, 3.05) is 0 Å². The molecule has 0 aromatic heterocycles. The topological polar surface area (TPSA) is 46.2 Å². The van der Waals surface area contributed by atoms with Crippen LogP contribution in [0.5, 0.6) is 0 Å². The molecule has 0 aliphatic heterocycles. The van der Waals surface area contributed by atoms with Gasteiger partial charge in [0.15, 0.2) is 0 Å². The maximum absolute atomic E-state index is 12.8. The summed E-state index contributed by atoms with van der Waals surface area (Å²) in [6, 6.07) is 27.0. The van der Waals surface area contributed by atoms with Crippen LogP contribution < -0.4 is 5.32 Å². The molecule has 0 bridgehead atoms. The Morgan fingerprint density at radius 3 is 2.04 bits per heavy atom. The summed E-state index contributed by atoms with van der Waals surface area (Å²) in [6.45, 7) is 0. The maximum Gasteiger partial charge on any atom is 0.252 e. The van der Waals surface area contributed by atoms with Gasteiger partial charge in [0, 0.05) is 5.56 Å². The van der Waals surface area contributed by atoms with E-state index in [-0.39, 0.29) is 5.91 Å². The summed E-state index contributed by atoms with van der Waals surface area (Å²) in [4.78, 5) is 24.2. The van der Waals surface area contributed by atoms with Crippen LogP contribution in [-0.2, 0) is 24.1 Å². The Morgan fingerprint density at radius 2 is 1.37 bits per heavy atom. The fourth-order valence-corrected chi connectivity index (χ4v) is 3.13. The van der Waals surface area contributed by atoms with Crippen molar-refractivity contribution in [2.45, 2.75) is 25.3 Å². The molecule has 0 spiro atoms. The molecule has 3 heteroatoms. The van der Waals surface area contributed by atoms with Gasteiger partial charge in [-0.2, -0.15) is 0 Å². The molecule has 0 aliphatic carbocycles. The molecule has 0 unspecified atom stereocenters. The molecule has 3 aromatic carbocycles. The first-order chi connectivity index (χ1) is 13.3. The summed E-state index contributed by atoms with van der Waals surface area (Å²) in [6.07, 6.45) is 2.93.